The van der Waals surface area contributed by atoms with Gasteiger partial charge in [0.2, 0.25) is 0 Å². The first kappa shape index (κ1) is 42.0. The highest BCUT2D eigenvalue weighted by Crippen LogP contribution is 2.43. The number of aliphatic hydroxyl groups is 2. The van der Waals surface area contributed by atoms with E-state index in [9.17, 15) is 24.2 Å². The molecule has 0 aromatic carbocycles. The number of carbonyl (C=O) groups excluding carboxylic acids is 2. The second-order valence-corrected chi connectivity index (χ2v) is 13.0. The lowest BCUT2D eigenvalue weighted by molar-refractivity contribution is -0.161. The van der Waals surface area contributed by atoms with Gasteiger partial charge in [0.1, 0.15) is 12.7 Å². The van der Waals surface area contributed by atoms with E-state index in [0.717, 1.165) is 38.5 Å². The minimum absolute atomic E-state index is 0.190. The highest BCUT2D eigenvalue weighted by molar-refractivity contribution is 7.47. The zero-order valence-corrected chi connectivity index (χ0v) is 28.1. The zero-order chi connectivity index (χ0) is 32.0. The molecule has 0 bridgehead atoms. The Morgan fingerprint density at radius 2 is 1.00 bits per heavy atom. The molecule has 0 fully saturated rings. The molecule has 0 saturated carbocycles. The smallest absolute Gasteiger partial charge is 0.462 e. The van der Waals surface area contributed by atoms with Crippen LogP contribution in [0.15, 0.2) is 0 Å². The van der Waals surface area contributed by atoms with Gasteiger partial charge >= 0.3 is 19.8 Å². The van der Waals surface area contributed by atoms with Crippen molar-refractivity contribution in [2.75, 3.05) is 26.4 Å². The van der Waals surface area contributed by atoms with Gasteiger partial charge in [-0.25, -0.2) is 4.57 Å². The number of rotatable bonds is 32. The fourth-order valence-corrected chi connectivity index (χ4v) is 5.37. The standard InChI is InChI=1S/C32H63O10P/c1-3-5-7-9-11-13-15-17-19-21-23-31(35)39-27-30(28-41-43(37,38)40-26-29(34)25-33)42-32(36)24-22-20-18-16-14-12-10-8-6-4-2/h29-30,33-34H,3-28H2,1-2H3,(H,37,38)/t29-,30+/m0/s1. The number of carbonyl (C=O) groups is 2. The number of aliphatic hydroxyl groups excluding tert-OH is 2. The van der Waals surface area contributed by atoms with Crippen molar-refractivity contribution in [3.63, 3.8) is 0 Å². The number of ether oxygens (including phenoxy) is 2. The van der Waals surface area contributed by atoms with Crippen LogP contribution in [0.5, 0.6) is 0 Å². The molecule has 0 aromatic heterocycles. The Morgan fingerprint density at radius 1 is 0.605 bits per heavy atom. The first-order chi connectivity index (χ1) is 20.7. The summed E-state index contributed by atoms with van der Waals surface area (Å²) in [6.45, 7) is 2.33. The van der Waals surface area contributed by atoms with Crippen molar-refractivity contribution >= 4 is 19.8 Å². The predicted octanol–water partition coefficient (Wildman–Crippen LogP) is 7.55. The summed E-state index contributed by atoms with van der Waals surface area (Å²) in [5, 5.41) is 18.2. The average molecular weight is 639 g/mol. The summed E-state index contributed by atoms with van der Waals surface area (Å²) >= 11 is 0. The second-order valence-electron chi connectivity index (χ2n) is 11.6. The SMILES string of the molecule is CCCCCCCCCCCCC(=O)OC[C@H](COP(=O)(O)OC[C@@H](O)CO)OC(=O)CCCCCCCCCCCC. The van der Waals surface area contributed by atoms with E-state index in [2.05, 4.69) is 18.4 Å². The third-order valence-corrected chi connectivity index (χ3v) is 8.21. The third kappa shape index (κ3) is 29.4. The summed E-state index contributed by atoms with van der Waals surface area (Å²) in [5.41, 5.74) is 0. The van der Waals surface area contributed by atoms with Crippen molar-refractivity contribution in [3.05, 3.63) is 0 Å². The molecule has 1 unspecified atom stereocenters. The number of esters is 2. The third-order valence-electron chi connectivity index (χ3n) is 7.26. The van der Waals surface area contributed by atoms with Crippen molar-refractivity contribution in [1.29, 1.82) is 0 Å². The number of hydrogen-bond donors (Lipinski definition) is 3. The normalized spacial score (nSPS) is 14.3. The molecule has 0 saturated heterocycles. The summed E-state index contributed by atoms with van der Waals surface area (Å²) in [6.07, 6.45) is 20.9. The lowest BCUT2D eigenvalue weighted by atomic mass is 10.1. The van der Waals surface area contributed by atoms with Crippen molar-refractivity contribution in [2.45, 2.75) is 167 Å². The van der Waals surface area contributed by atoms with Gasteiger partial charge in [-0.1, -0.05) is 129 Å². The largest absolute Gasteiger partial charge is 0.472 e. The van der Waals surface area contributed by atoms with E-state index in [1.807, 2.05) is 0 Å². The first-order valence-electron chi connectivity index (χ1n) is 17.0. The molecule has 0 aliphatic heterocycles. The number of hydrogen-bond acceptors (Lipinski definition) is 9. The molecule has 3 N–H and O–H groups in total. The van der Waals surface area contributed by atoms with E-state index in [-0.39, 0.29) is 19.4 Å². The molecule has 0 rings (SSSR count). The van der Waals surface area contributed by atoms with Gasteiger partial charge in [-0.3, -0.25) is 18.6 Å². The predicted molar refractivity (Wildman–Crippen MR) is 169 cm³/mol. The Kier molecular flexibility index (Phi) is 29.0. The van der Waals surface area contributed by atoms with E-state index < -0.39 is 51.8 Å². The van der Waals surface area contributed by atoms with Gasteiger partial charge in [-0.05, 0) is 12.8 Å². The lowest BCUT2D eigenvalue weighted by Crippen LogP contribution is -2.29. The second kappa shape index (κ2) is 29.7. The Morgan fingerprint density at radius 3 is 1.44 bits per heavy atom. The average Bonchev–Trinajstić information content (AvgIpc) is 2.99. The lowest BCUT2D eigenvalue weighted by Gasteiger charge is -2.20. The van der Waals surface area contributed by atoms with Crippen LogP contribution in [0.2, 0.25) is 0 Å². The molecular formula is C32H63O10P. The highest BCUT2D eigenvalue weighted by atomic mass is 31.2. The van der Waals surface area contributed by atoms with Gasteiger partial charge in [0.25, 0.3) is 0 Å². The number of phosphoric acid groups is 1. The van der Waals surface area contributed by atoms with Crippen molar-refractivity contribution in [1.82, 2.24) is 0 Å². The fraction of sp³-hybridized carbons (Fsp3) is 0.938. The van der Waals surface area contributed by atoms with Crippen LogP contribution in [0.1, 0.15) is 155 Å². The molecule has 0 heterocycles. The van der Waals surface area contributed by atoms with E-state index in [1.165, 1.54) is 77.0 Å². The molecule has 3 atom stereocenters. The molecule has 0 aliphatic rings. The van der Waals surface area contributed by atoms with E-state index >= 15 is 0 Å². The van der Waals surface area contributed by atoms with Crippen LogP contribution in [0.3, 0.4) is 0 Å². The van der Waals surface area contributed by atoms with Gasteiger partial charge in [0.05, 0.1) is 19.8 Å². The van der Waals surface area contributed by atoms with Crippen LogP contribution in [0.4, 0.5) is 0 Å². The maximum atomic E-state index is 12.4. The van der Waals surface area contributed by atoms with Gasteiger partial charge in [0.15, 0.2) is 6.10 Å². The topological polar surface area (TPSA) is 149 Å². The van der Waals surface area contributed by atoms with E-state index in [0.29, 0.717) is 12.8 Å². The Bertz CT molecular complexity index is 706. The maximum Gasteiger partial charge on any atom is 0.472 e. The molecule has 11 heteroatoms. The zero-order valence-electron chi connectivity index (χ0n) is 27.2. The van der Waals surface area contributed by atoms with Crippen LogP contribution in [0.25, 0.3) is 0 Å². The molecular weight excluding hydrogens is 575 g/mol. The minimum Gasteiger partial charge on any atom is -0.462 e. The first-order valence-corrected chi connectivity index (χ1v) is 18.5. The summed E-state index contributed by atoms with van der Waals surface area (Å²) < 4.78 is 32.4. The minimum atomic E-state index is -4.59. The van der Waals surface area contributed by atoms with Crippen LogP contribution in [-0.2, 0) is 32.7 Å². The van der Waals surface area contributed by atoms with Gasteiger partial charge in [0, 0.05) is 12.8 Å². The summed E-state index contributed by atoms with van der Waals surface area (Å²) in [5.74, 6) is -0.923. The van der Waals surface area contributed by atoms with Crippen LogP contribution >= 0.6 is 7.82 Å². The monoisotopic (exact) mass is 638 g/mol. The van der Waals surface area contributed by atoms with Gasteiger partial charge < -0.3 is 24.6 Å². The van der Waals surface area contributed by atoms with Crippen molar-refractivity contribution < 1.29 is 47.8 Å². The van der Waals surface area contributed by atoms with E-state index in [1.54, 1.807) is 0 Å². The fourth-order valence-electron chi connectivity index (χ4n) is 4.58. The molecule has 10 nitrogen and oxygen atoms in total. The van der Waals surface area contributed by atoms with Gasteiger partial charge in [-0.15, -0.1) is 0 Å². The Hall–Kier alpha value is -1.03. The molecule has 0 amide bonds. The molecule has 0 radical (unpaired) electrons. The van der Waals surface area contributed by atoms with Crippen molar-refractivity contribution in [3.8, 4) is 0 Å². The molecule has 0 aliphatic carbocycles. The Balaban J connectivity index is 4.42. The molecule has 0 spiro atoms. The summed E-state index contributed by atoms with van der Waals surface area (Å²) in [7, 11) is -4.59. The summed E-state index contributed by atoms with van der Waals surface area (Å²) in [4.78, 5) is 34.6. The quantitative estimate of drug-likeness (QED) is 0.0383. The maximum absolute atomic E-state index is 12.4. The number of phosphoric ester groups is 1. The van der Waals surface area contributed by atoms with Crippen LogP contribution in [-0.4, -0.2) is 65.7 Å². The molecule has 43 heavy (non-hydrogen) atoms. The van der Waals surface area contributed by atoms with Crippen LogP contribution in [0, 0.1) is 0 Å². The molecule has 0 aromatic rings. The molecule has 256 valence electrons. The van der Waals surface area contributed by atoms with Crippen LogP contribution < -0.4 is 0 Å². The highest BCUT2D eigenvalue weighted by Gasteiger charge is 2.27. The van der Waals surface area contributed by atoms with Gasteiger partial charge in [-0.2, -0.15) is 0 Å². The summed E-state index contributed by atoms with van der Waals surface area (Å²) in [6, 6.07) is 0. The van der Waals surface area contributed by atoms with Crippen molar-refractivity contribution in [2.24, 2.45) is 0 Å². The number of unbranched alkanes of at least 4 members (excludes halogenated alkanes) is 18. The van der Waals surface area contributed by atoms with E-state index in [4.69, 9.17) is 19.1 Å². The Labute approximate surface area is 261 Å².